The van der Waals surface area contributed by atoms with Gasteiger partial charge >= 0.3 is 0 Å². The Kier molecular flexibility index (Phi) is 4.09. The third kappa shape index (κ3) is 3.36. The Morgan fingerprint density at radius 2 is 1.86 bits per heavy atom. The normalized spacial score (nSPS) is 13.7. The van der Waals surface area contributed by atoms with Gasteiger partial charge in [0, 0.05) is 6.54 Å². The van der Waals surface area contributed by atoms with E-state index in [1.807, 2.05) is 36.4 Å². The van der Waals surface area contributed by atoms with Crippen molar-refractivity contribution in [1.29, 1.82) is 0 Å². The number of benzene rings is 2. The van der Waals surface area contributed by atoms with E-state index in [-0.39, 0.29) is 6.04 Å². The van der Waals surface area contributed by atoms with Crippen molar-refractivity contribution >= 4 is 0 Å². The van der Waals surface area contributed by atoms with Crippen LogP contribution in [0.3, 0.4) is 0 Å². The smallest absolute Gasteiger partial charge is 0.231 e. The first-order valence-electron chi connectivity index (χ1n) is 6.97. The molecule has 0 spiro atoms. The first-order valence-corrected chi connectivity index (χ1v) is 6.97. The Morgan fingerprint density at radius 1 is 1.05 bits per heavy atom. The summed E-state index contributed by atoms with van der Waals surface area (Å²) in [6.45, 7) is 1.06. The maximum atomic E-state index is 5.63. The summed E-state index contributed by atoms with van der Waals surface area (Å²) in [5.74, 6) is 4.40. The van der Waals surface area contributed by atoms with Crippen LogP contribution in [0.5, 0.6) is 11.5 Å². The Morgan fingerprint density at radius 3 is 2.67 bits per heavy atom. The summed E-state index contributed by atoms with van der Waals surface area (Å²) >= 11 is 0. The predicted octanol–water partition coefficient (Wildman–Crippen LogP) is 2.75. The van der Waals surface area contributed by atoms with Crippen LogP contribution in [0.15, 0.2) is 48.5 Å². The molecular weight excluding hydrogens is 262 g/mol. The van der Waals surface area contributed by atoms with Crippen molar-refractivity contribution in [3.05, 3.63) is 59.7 Å². The van der Waals surface area contributed by atoms with Crippen molar-refractivity contribution < 1.29 is 9.47 Å². The lowest BCUT2D eigenvalue weighted by molar-refractivity contribution is 0.174. The summed E-state index contributed by atoms with van der Waals surface area (Å²) in [7, 11) is 0. The van der Waals surface area contributed by atoms with Crippen LogP contribution in [0.2, 0.25) is 0 Å². The highest BCUT2D eigenvalue weighted by atomic mass is 16.7. The van der Waals surface area contributed by atoms with E-state index in [4.69, 9.17) is 15.9 Å². The molecule has 3 heteroatoms. The standard InChI is InChI=1S/C18H17NO2/c1-2-16(19-12-14-6-4-3-5-7-14)10-15-8-9-17-18(11-15)21-13-20-17/h1,3-9,11,16,19H,10,12-13H2. The molecular formula is C18H17NO2. The van der Waals surface area contributed by atoms with Crippen LogP contribution >= 0.6 is 0 Å². The van der Waals surface area contributed by atoms with Crippen LogP contribution in [0.4, 0.5) is 0 Å². The van der Waals surface area contributed by atoms with Crippen molar-refractivity contribution in [3.63, 3.8) is 0 Å². The molecule has 3 nitrogen and oxygen atoms in total. The summed E-state index contributed by atoms with van der Waals surface area (Å²) in [5.41, 5.74) is 2.37. The van der Waals surface area contributed by atoms with Gasteiger partial charge < -0.3 is 9.47 Å². The van der Waals surface area contributed by atoms with Gasteiger partial charge in [-0.15, -0.1) is 6.42 Å². The first kappa shape index (κ1) is 13.5. The van der Waals surface area contributed by atoms with E-state index >= 15 is 0 Å². The molecule has 2 aromatic carbocycles. The monoisotopic (exact) mass is 279 g/mol. The van der Waals surface area contributed by atoms with Gasteiger partial charge in [-0.3, -0.25) is 5.32 Å². The summed E-state index contributed by atoms with van der Waals surface area (Å²) < 4.78 is 10.7. The van der Waals surface area contributed by atoms with Crippen LogP contribution in [0, 0.1) is 12.3 Å². The molecule has 1 aliphatic rings. The van der Waals surface area contributed by atoms with Gasteiger partial charge in [0.2, 0.25) is 6.79 Å². The second-order valence-corrected chi connectivity index (χ2v) is 4.98. The minimum Gasteiger partial charge on any atom is -0.454 e. The average molecular weight is 279 g/mol. The molecule has 1 atom stereocenters. The molecule has 1 aliphatic heterocycles. The largest absolute Gasteiger partial charge is 0.454 e. The fourth-order valence-electron chi connectivity index (χ4n) is 2.33. The summed E-state index contributed by atoms with van der Waals surface area (Å²) in [5, 5.41) is 3.39. The topological polar surface area (TPSA) is 30.5 Å². The number of terminal acetylenes is 1. The van der Waals surface area contributed by atoms with Gasteiger partial charge in [-0.25, -0.2) is 0 Å². The van der Waals surface area contributed by atoms with Crippen molar-refractivity contribution in [2.24, 2.45) is 0 Å². The molecule has 0 saturated heterocycles. The van der Waals surface area contributed by atoms with Crippen LogP contribution in [-0.4, -0.2) is 12.8 Å². The summed E-state index contributed by atoms with van der Waals surface area (Å²) in [6.07, 6.45) is 6.39. The third-order valence-corrected chi connectivity index (χ3v) is 3.47. The number of hydrogen-bond donors (Lipinski definition) is 1. The zero-order valence-electron chi connectivity index (χ0n) is 11.7. The molecule has 0 amide bonds. The minimum absolute atomic E-state index is 0.00872. The summed E-state index contributed by atoms with van der Waals surface area (Å²) in [6, 6.07) is 16.2. The molecule has 1 N–H and O–H groups in total. The van der Waals surface area contributed by atoms with E-state index in [1.165, 1.54) is 5.56 Å². The van der Waals surface area contributed by atoms with Crippen LogP contribution < -0.4 is 14.8 Å². The number of fused-ring (bicyclic) bond motifs is 1. The number of rotatable bonds is 5. The predicted molar refractivity (Wildman–Crippen MR) is 82.2 cm³/mol. The molecule has 0 fully saturated rings. The van der Waals surface area contributed by atoms with E-state index in [9.17, 15) is 0 Å². The molecule has 1 heterocycles. The van der Waals surface area contributed by atoms with Crippen molar-refractivity contribution in [3.8, 4) is 23.8 Å². The highest BCUT2D eigenvalue weighted by Gasteiger charge is 2.14. The fourth-order valence-corrected chi connectivity index (χ4v) is 2.33. The number of hydrogen-bond acceptors (Lipinski definition) is 3. The fraction of sp³-hybridized carbons (Fsp3) is 0.222. The second-order valence-electron chi connectivity index (χ2n) is 4.98. The third-order valence-electron chi connectivity index (χ3n) is 3.47. The maximum absolute atomic E-state index is 5.63. The van der Waals surface area contributed by atoms with Crippen LogP contribution in [-0.2, 0) is 13.0 Å². The zero-order chi connectivity index (χ0) is 14.5. The molecule has 1 unspecified atom stereocenters. The van der Waals surface area contributed by atoms with Gasteiger partial charge in [0.1, 0.15) is 0 Å². The zero-order valence-corrected chi connectivity index (χ0v) is 11.7. The van der Waals surface area contributed by atoms with Crippen LogP contribution in [0.1, 0.15) is 11.1 Å². The molecule has 0 bridgehead atoms. The SMILES string of the molecule is C#CC(Cc1ccc2c(c1)OCO2)NCc1ccccc1. The highest BCUT2D eigenvalue weighted by molar-refractivity contribution is 5.44. The van der Waals surface area contributed by atoms with Gasteiger partial charge in [0.05, 0.1) is 6.04 Å². The van der Waals surface area contributed by atoms with Gasteiger partial charge in [-0.05, 0) is 29.7 Å². The van der Waals surface area contributed by atoms with Crippen molar-refractivity contribution in [1.82, 2.24) is 5.32 Å². The molecule has 0 aliphatic carbocycles. The highest BCUT2D eigenvalue weighted by Crippen LogP contribution is 2.32. The first-order chi connectivity index (χ1) is 10.3. The quantitative estimate of drug-likeness (QED) is 0.854. The number of nitrogens with one attached hydrogen (secondary N) is 1. The minimum atomic E-state index is -0.00872. The lowest BCUT2D eigenvalue weighted by Crippen LogP contribution is -2.29. The Bertz CT molecular complexity index is 646. The lowest BCUT2D eigenvalue weighted by atomic mass is 10.1. The Labute approximate surface area is 124 Å². The lowest BCUT2D eigenvalue weighted by Gasteiger charge is -2.13. The van der Waals surface area contributed by atoms with Crippen LogP contribution in [0.25, 0.3) is 0 Å². The van der Waals surface area contributed by atoms with E-state index in [2.05, 4.69) is 23.4 Å². The molecule has 0 radical (unpaired) electrons. The van der Waals surface area contributed by atoms with Crippen molar-refractivity contribution in [2.45, 2.75) is 19.0 Å². The van der Waals surface area contributed by atoms with E-state index in [0.29, 0.717) is 6.79 Å². The molecule has 3 rings (SSSR count). The van der Waals surface area contributed by atoms with Gasteiger partial charge in [-0.2, -0.15) is 0 Å². The van der Waals surface area contributed by atoms with Gasteiger partial charge in [-0.1, -0.05) is 42.3 Å². The second kappa shape index (κ2) is 6.34. The molecule has 106 valence electrons. The van der Waals surface area contributed by atoms with Gasteiger partial charge in [0.15, 0.2) is 11.5 Å². The Balaban J connectivity index is 1.61. The molecule has 0 saturated carbocycles. The van der Waals surface area contributed by atoms with Crippen molar-refractivity contribution in [2.75, 3.05) is 6.79 Å². The molecule has 2 aromatic rings. The molecule has 0 aromatic heterocycles. The summed E-state index contributed by atoms with van der Waals surface area (Å²) in [4.78, 5) is 0. The average Bonchev–Trinajstić information content (AvgIpc) is 3.00. The number of ether oxygens (including phenoxy) is 2. The van der Waals surface area contributed by atoms with E-state index in [0.717, 1.165) is 30.0 Å². The maximum Gasteiger partial charge on any atom is 0.231 e. The van der Waals surface area contributed by atoms with E-state index < -0.39 is 0 Å². The molecule has 21 heavy (non-hydrogen) atoms. The van der Waals surface area contributed by atoms with Gasteiger partial charge in [0.25, 0.3) is 0 Å². The van der Waals surface area contributed by atoms with E-state index in [1.54, 1.807) is 0 Å². The Hall–Kier alpha value is -2.44.